The molecule has 1 amide bonds. The maximum Gasteiger partial charge on any atom is 0.266 e. The summed E-state index contributed by atoms with van der Waals surface area (Å²) in [5, 5.41) is 9.97. The molecule has 0 spiro atoms. The molecule has 0 saturated carbocycles. The van der Waals surface area contributed by atoms with Gasteiger partial charge in [0.2, 0.25) is 0 Å². The molecule has 4 rings (SSSR count). The Kier molecular flexibility index (Phi) is 3.93. The van der Waals surface area contributed by atoms with E-state index in [2.05, 4.69) is 9.88 Å². The summed E-state index contributed by atoms with van der Waals surface area (Å²) in [6.45, 7) is 2.55. The number of benzene rings is 2. The van der Waals surface area contributed by atoms with Crippen molar-refractivity contribution in [2.24, 2.45) is 0 Å². The molecule has 0 radical (unpaired) electrons. The van der Waals surface area contributed by atoms with Gasteiger partial charge in [0.15, 0.2) is 5.58 Å². The van der Waals surface area contributed by atoms with Gasteiger partial charge in [-0.2, -0.15) is 0 Å². The largest absolute Gasteiger partial charge is 0.506 e. The van der Waals surface area contributed by atoms with Crippen LogP contribution in [0.5, 0.6) is 5.75 Å². The summed E-state index contributed by atoms with van der Waals surface area (Å²) in [6, 6.07) is 12.6. The Bertz CT molecular complexity index is 986. The van der Waals surface area contributed by atoms with Gasteiger partial charge in [0, 0.05) is 31.7 Å². The summed E-state index contributed by atoms with van der Waals surface area (Å²) in [7, 11) is 0. The number of carbonyl (C=O) groups is 1. The maximum atomic E-state index is 12.7. The molecular formula is C18H17N3O3S. The van der Waals surface area contributed by atoms with E-state index in [4.69, 9.17) is 16.6 Å². The number of hydrogen-bond donors (Lipinski definition) is 2. The molecule has 2 heterocycles. The van der Waals surface area contributed by atoms with E-state index < -0.39 is 0 Å². The van der Waals surface area contributed by atoms with E-state index in [1.54, 1.807) is 30.3 Å². The van der Waals surface area contributed by atoms with Crippen LogP contribution < -0.4 is 4.90 Å². The number of aromatic amines is 1. The summed E-state index contributed by atoms with van der Waals surface area (Å²) in [5.41, 5.74) is 2.76. The lowest BCUT2D eigenvalue weighted by atomic mass is 10.1. The molecule has 2 N–H and O–H groups in total. The molecule has 6 nitrogen and oxygen atoms in total. The number of H-pyrrole nitrogens is 1. The van der Waals surface area contributed by atoms with Crippen LogP contribution in [0.4, 0.5) is 5.69 Å². The van der Waals surface area contributed by atoms with Gasteiger partial charge in [-0.05, 0) is 42.5 Å². The molecule has 0 bridgehead atoms. The fourth-order valence-corrected chi connectivity index (χ4v) is 3.34. The molecule has 3 aromatic rings. The number of para-hydroxylation sites is 2. The second-order valence-electron chi connectivity index (χ2n) is 5.99. The summed E-state index contributed by atoms with van der Waals surface area (Å²) >= 11 is 4.97. The lowest BCUT2D eigenvalue weighted by Crippen LogP contribution is -2.48. The quantitative estimate of drug-likeness (QED) is 0.691. The van der Waals surface area contributed by atoms with Gasteiger partial charge in [0.25, 0.3) is 10.7 Å². The van der Waals surface area contributed by atoms with E-state index in [0.29, 0.717) is 42.2 Å². The van der Waals surface area contributed by atoms with Gasteiger partial charge in [0.1, 0.15) is 5.75 Å². The molecule has 7 heteroatoms. The highest BCUT2D eigenvalue weighted by Crippen LogP contribution is 2.27. The topological polar surface area (TPSA) is 72.7 Å². The number of oxazole rings is 1. The van der Waals surface area contributed by atoms with Crippen LogP contribution in [0.3, 0.4) is 0 Å². The van der Waals surface area contributed by atoms with E-state index in [1.807, 2.05) is 17.0 Å². The zero-order chi connectivity index (χ0) is 17.4. The van der Waals surface area contributed by atoms with Crippen molar-refractivity contribution in [1.29, 1.82) is 0 Å². The van der Waals surface area contributed by atoms with Crippen LogP contribution in [0.25, 0.3) is 11.1 Å². The van der Waals surface area contributed by atoms with Crippen molar-refractivity contribution in [1.82, 2.24) is 9.88 Å². The van der Waals surface area contributed by atoms with Crippen LogP contribution in [0.1, 0.15) is 10.4 Å². The number of rotatable bonds is 2. The monoisotopic (exact) mass is 355 g/mol. The predicted molar refractivity (Wildman–Crippen MR) is 97.6 cm³/mol. The molecule has 25 heavy (non-hydrogen) atoms. The van der Waals surface area contributed by atoms with Gasteiger partial charge in [0.05, 0.1) is 11.2 Å². The van der Waals surface area contributed by atoms with Crippen LogP contribution >= 0.6 is 12.2 Å². The summed E-state index contributed by atoms with van der Waals surface area (Å²) in [5.74, 6) is 0.239. The molecular weight excluding hydrogens is 338 g/mol. The van der Waals surface area contributed by atoms with E-state index in [0.717, 1.165) is 11.2 Å². The lowest BCUT2D eigenvalue weighted by Gasteiger charge is -2.36. The summed E-state index contributed by atoms with van der Waals surface area (Å²) in [4.78, 5) is 19.9. The minimum atomic E-state index is -0.0267. The minimum absolute atomic E-state index is 0.0267. The Morgan fingerprint density at radius 1 is 1.12 bits per heavy atom. The zero-order valence-corrected chi connectivity index (χ0v) is 14.3. The van der Waals surface area contributed by atoms with Crippen LogP contribution in [0.15, 0.2) is 46.9 Å². The number of nitrogens with one attached hydrogen (secondary N) is 1. The molecule has 2 aromatic carbocycles. The number of phenols is 1. The molecule has 128 valence electrons. The van der Waals surface area contributed by atoms with Crippen molar-refractivity contribution in [3.63, 3.8) is 0 Å². The number of amides is 1. The maximum absolute atomic E-state index is 12.7. The number of piperazine rings is 1. The number of aromatic nitrogens is 1. The van der Waals surface area contributed by atoms with Gasteiger partial charge in [-0.15, -0.1) is 0 Å². The first kappa shape index (κ1) is 15.7. The standard InChI is InChI=1S/C18H17N3O3S/c22-15-4-2-1-3-14(15)20-7-9-21(10-8-20)17(23)12-5-6-13-16(11-12)24-18(25)19-13/h1-6,11,22H,7-10H2,(H,19,25). The highest BCUT2D eigenvalue weighted by atomic mass is 32.1. The van der Waals surface area contributed by atoms with Crippen molar-refractivity contribution in [2.45, 2.75) is 0 Å². The molecule has 1 aliphatic rings. The van der Waals surface area contributed by atoms with Crippen LogP contribution in [0, 0.1) is 4.84 Å². The zero-order valence-electron chi connectivity index (χ0n) is 13.4. The van der Waals surface area contributed by atoms with Crippen LogP contribution in [0.2, 0.25) is 0 Å². The molecule has 0 aliphatic carbocycles. The SMILES string of the molecule is O=C(c1ccc2[nH]c(=S)oc2c1)N1CCN(c2ccccc2O)CC1. The normalized spacial score (nSPS) is 14.9. The number of anilines is 1. The number of nitrogens with zero attached hydrogens (tertiary/aromatic N) is 2. The van der Waals surface area contributed by atoms with Crippen molar-refractivity contribution in [2.75, 3.05) is 31.1 Å². The second-order valence-corrected chi connectivity index (χ2v) is 6.36. The molecule has 1 aromatic heterocycles. The molecule has 1 saturated heterocycles. The molecule has 0 atom stereocenters. The lowest BCUT2D eigenvalue weighted by molar-refractivity contribution is 0.0747. The summed E-state index contributed by atoms with van der Waals surface area (Å²) < 4.78 is 5.39. The number of carbonyl (C=O) groups excluding carboxylic acids is 1. The predicted octanol–water partition coefficient (Wildman–Crippen LogP) is 3.16. The Morgan fingerprint density at radius 2 is 1.88 bits per heavy atom. The number of phenolic OH excluding ortho intramolecular Hbond substituents is 1. The third kappa shape index (κ3) is 2.98. The first-order valence-electron chi connectivity index (χ1n) is 8.07. The van der Waals surface area contributed by atoms with Crippen molar-refractivity contribution in [3.8, 4) is 5.75 Å². The third-order valence-electron chi connectivity index (χ3n) is 4.46. The average molecular weight is 355 g/mol. The Hall–Kier alpha value is -2.80. The van der Waals surface area contributed by atoms with Gasteiger partial charge in [-0.1, -0.05) is 12.1 Å². The van der Waals surface area contributed by atoms with E-state index >= 15 is 0 Å². The fourth-order valence-electron chi connectivity index (χ4n) is 3.14. The highest BCUT2D eigenvalue weighted by molar-refractivity contribution is 7.71. The highest BCUT2D eigenvalue weighted by Gasteiger charge is 2.23. The third-order valence-corrected chi connectivity index (χ3v) is 4.64. The minimum Gasteiger partial charge on any atom is -0.506 e. The molecule has 0 unspecified atom stereocenters. The molecule has 1 fully saturated rings. The Labute approximate surface area is 149 Å². The fraction of sp³-hybridized carbons (Fsp3) is 0.222. The van der Waals surface area contributed by atoms with Crippen LogP contribution in [-0.4, -0.2) is 47.1 Å². The first-order valence-corrected chi connectivity index (χ1v) is 8.48. The van der Waals surface area contributed by atoms with Gasteiger partial charge >= 0.3 is 0 Å². The van der Waals surface area contributed by atoms with Crippen molar-refractivity contribution >= 4 is 34.9 Å². The van der Waals surface area contributed by atoms with Crippen molar-refractivity contribution < 1.29 is 14.3 Å². The van der Waals surface area contributed by atoms with Gasteiger partial charge < -0.3 is 24.3 Å². The van der Waals surface area contributed by atoms with E-state index in [-0.39, 0.29) is 11.7 Å². The average Bonchev–Trinajstić information content (AvgIpc) is 3.01. The second kappa shape index (κ2) is 6.25. The first-order chi connectivity index (χ1) is 12.1. The number of hydrogen-bond acceptors (Lipinski definition) is 5. The number of fused-ring (bicyclic) bond motifs is 1. The van der Waals surface area contributed by atoms with Gasteiger partial charge in [-0.3, -0.25) is 4.79 Å². The van der Waals surface area contributed by atoms with E-state index in [1.165, 1.54) is 0 Å². The Balaban J connectivity index is 1.48. The Morgan fingerprint density at radius 3 is 2.64 bits per heavy atom. The van der Waals surface area contributed by atoms with Gasteiger partial charge in [-0.25, -0.2) is 0 Å². The smallest absolute Gasteiger partial charge is 0.266 e. The van der Waals surface area contributed by atoms with E-state index in [9.17, 15) is 9.90 Å². The molecule has 1 aliphatic heterocycles. The summed E-state index contributed by atoms with van der Waals surface area (Å²) in [6.07, 6.45) is 0. The van der Waals surface area contributed by atoms with Crippen molar-refractivity contribution in [3.05, 3.63) is 52.9 Å². The number of aromatic hydroxyl groups is 1. The van der Waals surface area contributed by atoms with Crippen LogP contribution in [-0.2, 0) is 0 Å².